The van der Waals surface area contributed by atoms with E-state index in [-0.39, 0.29) is 11.4 Å². The number of amides is 1. The summed E-state index contributed by atoms with van der Waals surface area (Å²) in [4.78, 5) is 34.1. The van der Waals surface area contributed by atoms with E-state index in [1.54, 1.807) is 29.1 Å². The number of ketones is 1. The van der Waals surface area contributed by atoms with Gasteiger partial charge in [-0.2, -0.15) is 0 Å². The Morgan fingerprint density at radius 1 is 1.14 bits per heavy atom. The number of rotatable bonds is 5. The van der Waals surface area contributed by atoms with Gasteiger partial charge in [-0.05, 0) is 29.1 Å². The SMILES string of the molecule is CN(C)c1ccc([C@@H]2C(C(=O)c3cccs3)=C(O)C(=O)N2c2nccs2)cc1. The first kappa shape index (κ1) is 18.4. The molecule has 8 heteroatoms. The fourth-order valence-corrected chi connectivity index (χ4v) is 4.52. The number of benzene rings is 1. The van der Waals surface area contributed by atoms with E-state index in [1.807, 2.05) is 43.3 Å². The summed E-state index contributed by atoms with van der Waals surface area (Å²) >= 11 is 2.56. The van der Waals surface area contributed by atoms with Gasteiger partial charge in [-0.1, -0.05) is 18.2 Å². The Morgan fingerprint density at radius 2 is 1.89 bits per heavy atom. The number of Topliss-reactive ketones (excluding diaryl/α,β-unsaturated/α-hetero) is 1. The normalized spacial score (nSPS) is 16.7. The lowest BCUT2D eigenvalue weighted by Crippen LogP contribution is -2.30. The highest BCUT2D eigenvalue weighted by Crippen LogP contribution is 2.43. The molecular formula is C20H17N3O3S2. The number of aliphatic hydroxyl groups excluding tert-OH is 1. The first-order valence-corrected chi connectivity index (χ1v) is 10.3. The van der Waals surface area contributed by atoms with Crippen LogP contribution in [-0.4, -0.2) is 35.9 Å². The van der Waals surface area contributed by atoms with Gasteiger partial charge in [0.15, 0.2) is 10.9 Å². The quantitative estimate of drug-likeness (QED) is 0.641. The number of thiazole rings is 1. The summed E-state index contributed by atoms with van der Waals surface area (Å²) in [5, 5.41) is 14.6. The monoisotopic (exact) mass is 411 g/mol. The predicted molar refractivity (Wildman–Crippen MR) is 111 cm³/mol. The zero-order valence-electron chi connectivity index (χ0n) is 15.2. The van der Waals surface area contributed by atoms with E-state index in [0.717, 1.165) is 11.3 Å². The smallest absolute Gasteiger partial charge is 0.296 e. The van der Waals surface area contributed by atoms with Gasteiger partial charge in [0, 0.05) is 31.4 Å². The lowest BCUT2D eigenvalue weighted by Gasteiger charge is -2.25. The van der Waals surface area contributed by atoms with Crippen molar-refractivity contribution in [2.45, 2.75) is 6.04 Å². The Kier molecular flexibility index (Phi) is 4.74. The molecule has 3 heterocycles. The Hall–Kier alpha value is -2.97. The van der Waals surface area contributed by atoms with Crippen LogP contribution in [0.25, 0.3) is 0 Å². The van der Waals surface area contributed by atoms with Gasteiger partial charge in [0.25, 0.3) is 5.91 Å². The number of aliphatic hydroxyl groups is 1. The van der Waals surface area contributed by atoms with E-state index in [2.05, 4.69) is 4.98 Å². The summed E-state index contributed by atoms with van der Waals surface area (Å²) in [5.74, 6) is -1.48. The van der Waals surface area contributed by atoms with Crippen LogP contribution in [-0.2, 0) is 4.79 Å². The zero-order valence-corrected chi connectivity index (χ0v) is 16.8. The maximum Gasteiger partial charge on any atom is 0.296 e. The molecule has 1 amide bonds. The molecule has 0 spiro atoms. The fourth-order valence-electron chi connectivity index (χ4n) is 3.18. The highest BCUT2D eigenvalue weighted by Gasteiger charge is 2.45. The average molecular weight is 412 g/mol. The fraction of sp³-hybridized carbons (Fsp3) is 0.150. The highest BCUT2D eigenvalue weighted by molar-refractivity contribution is 7.14. The molecule has 0 saturated carbocycles. The van der Waals surface area contributed by atoms with Crippen LogP contribution in [0.4, 0.5) is 10.8 Å². The minimum absolute atomic E-state index is 0.0836. The average Bonchev–Trinajstić information content (AvgIpc) is 3.43. The molecule has 1 N–H and O–H groups in total. The summed E-state index contributed by atoms with van der Waals surface area (Å²) < 4.78 is 0. The Labute approximate surface area is 170 Å². The van der Waals surface area contributed by atoms with Gasteiger partial charge in [0.05, 0.1) is 16.5 Å². The second-order valence-electron chi connectivity index (χ2n) is 6.45. The number of thiophene rings is 1. The Bertz CT molecular complexity index is 1040. The standard InChI is InChI=1S/C20H17N3O3S2/c1-22(2)13-7-5-12(6-8-13)16-15(17(24)14-4-3-10-27-14)18(25)19(26)23(16)20-21-9-11-28-20/h3-11,16,25H,1-2H3/t16-/m1/s1. The minimum atomic E-state index is -0.732. The Balaban J connectivity index is 1.85. The zero-order chi connectivity index (χ0) is 19.8. The van der Waals surface area contributed by atoms with Crippen molar-refractivity contribution < 1.29 is 14.7 Å². The van der Waals surface area contributed by atoms with Crippen LogP contribution in [0, 0.1) is 0 Å². The van der Waals surface area contributed by atoms with E-state index >= 15 is 0 Å². The van der Waals surface area contributed by atoms with Gasteiger partial charge in [0.1, 0.15) is 0 Å². The molecule has 0 unspecified atom stereocenters. The molecular weight excluding hydrogens is 394 g/mol. The second kappa shape index (κ2) is 7.21. The molecule has 3 aromatic rings. The molecule has 0 aliphatic carbocycles. The van der Waals surface area contributed by atoms with Crippen molar-refractivity contribution in [2.24, 2.45) is 0 Å². The van der Waals surface area contributed by atoms with E-state index in [9.17, 15) is 14.7 Å². The van der Waals surface area contributed by atoms with Crippen LogP contribution >= 0.6 is 22.7 Å². The third kappa shape index (κ3) is 3.00. The Morgan fingerprint density at radius 3 is 2.46 bits per heavy atom. The molecule has 1 aliphatic heterocycles. The maximum absolute atomic E-state index is 13.1. The molecule has 6 nitrogen and oxygen atoms in total. The van der Waals surface area contributed by atoms with Crippen LogP contribution in [0.2, 0.25) is 0 Å². The maximum atomic E-state index is 13.1. The predicted octanol–water partition coefficient (Wildman–Crippen LogP) is 4.05. The summed E-state index contributed by atoms with van der Waals surface area (Å²) in [6, 6.07) is 10.3. The van der Waals surface area contributed by atoms with Crippen LogP contribution in [0.5, 0.6) is 0 Å². The number of hydrogen-bond donors (Lipinski definition) is 1. The van der Waals surface area contributed by atoms with E-state index in [1.165, 1.54) is 27.6 Å². The van der Waals surface area contributed by atoms with E-state index in [4.69, 9.17) is 0 Å². The topological polar surface area (TPSA) is 73.7 Å². The largest absolute Gasteiger partial charge is 0.503 e. The number of nitrogens with zero attached hydrogens (tertiary/aromatic N) is 3. The second-order valence-corrected chi connectivity index (χ2v) is 8.27. The van der Waals surface area contributed by atoms with Crippen LogP contribution in [0.1, 0.15) is 21.3 Å². The molecule has 0 fully saturated rings. The summed E-state index contributed by atoms with van der Waals surface area (Å²) in [6.45, 7) is 0. The number of carbonyl (C=O) groups is 2. The first-order chi connectivity index (χ1) is 13.5. The van der Waals surface area contributed by atoms with Gasteiger partial charge >= 0.3 is 0 Å². The molecule has 142 valence electrons. The van der Waals surface area contributed by atoms with Gasteiger partial charge in [-0.15, -0.1) is 22.7 Å². The van der Waals surface area contributed by atoms with Crippen molar-refractivity contribution in [3.05, 3.63) is 75.1 Å². The van der Waals surface area contributed by atoms with Crippen molar-refractivity contribution in [3.8, 4) is 0 Å². The number of anilines is 2. The van der Waals surface area contributed by atoms with Crippen LogP contribution < -0.4 is 9.80 Å². The number of carbonyl (C=O) groups excluding carboxylic acids is 2. The van der Waals surface area contributed by atoms with Gasteiger partial charge in [-0.25, -0.2) is 4.98 Å². The van der Waals surface area contributed by atoms with Crippen molar-refractivity contribution in [2.75, 3.05) is 23.9 Å². The highest BCUT2D eigenvalue weighted by atomic mass is 32.1. The van der Waals surface area contributed by atoms with Gasteiger partial charge < -0.3 is 10.0 Å². The molecule has 1 aromatic carbocycles. The summed E-state index contributed by atoms with van der Waals surface area (Å²) in [5.41, 5.74) is 1.81. The minimum Gasteiger partial charge on any atom is -0.503 e. The molecule has 1 aliphatic rings. The van der Waals surface area contributed by atoms with Crippen molar-refractivity contribution >= 4 is 45.2 Å². The molecule has 28 heavy (non-hydrogen) atoms. The van der Waals surface area contributed by atoms with Crippen molar-refractivity contribution in [3.63, 3.8) is 0 Å². The molecule has 1 atom stereocenters. The lowest BCUT2D eigenvalue weighted by atomic mass is 9.95. The summed E-state index contributed by atoms with van der Waals surface area (Å²) in [7, 11) is 3.88. The van der Waals surface area contributed by atoms with Crippen LogP contribution in [0.3, 0.4) is 0 Å². The molecule has 0 saturated heterocycles. The third-order valence-electron chi connectivity index (χ3n) is 4.55. The van der Waals surface area contributed by atoms with Crippen molar-refractivity contribution in [1.82, 2.24) is 4.98 Å². The molecule has 2 aromatic heterocycles. The third-order valence-corrected chi connectivity index (χ3v) is 6.19. The van der Waals surface area contributed by atoms with Gasteiger partial charge in [0.2, 0.25) is 5.78 Å². The number of aromatic nitrogens is 1. The molecule has 0 bridgehead atoms. The van der Waals surface area contributed by atoms with E-state index < -0.39 is 17.7 Å². The lowest BCUT2D eigenvalue weighted by molar-refractivity contribution is -0.117. The number of hydrogen-bond acceptors (Lipinski definition) is 7. The summed E-state index contributed by atoms with van der Waals surface area (Å²) in [6.07, 6.45) is 1.59. The van der Waals surface area contributed by atoms with Crippen molar-refractivity contribution in [1.29, 1.82) is 0 Å². The van der Waals surface area contributed by atoms with Crippen LogP contribution in [0.15, 0.2) is 64.7 Å². The van der Waals surface area contributed by atoms with E-state index in [0.29, 0.717) is 10.0 Å². The van der Waals surface area contributed by atoms with Gasteiger partial charge in [-0.3, -0.25) is 14.5 Å². The molecule has 4 rings (SSSR count). The molecule has 0 radical (unpaired) electrons. The first-order valence-electron chi connectivity index (χ1n) is 8.50.